The zero-order valence-corrected chi connectivity index (χ0v) is 16.8. The second-order valence-electron chi connectivity index (χ2n) is 6.72. The van der Waals surface area contributed by atoms with Gasteiger partial charge in [0.05, 0.1) is 24.1 Å². The van der Waals surface area contributed by atoms with Crippen LogP contribution in [0.3, 0.4) is 0 Å². The molecule has 0 saturated carbocycles. The number of rotatable bonds is 7. The van der Waals surface area contributed by atoms with Crippen LogP contribution in [-0.2, 0) is 6.54 Å². The molecule has 0 aliphatic rings. The van der Waals surface area contributed by atoms with Crippen molar-refractivity contribution in [1.82, 2.24) is 9.78 Å². The first-order chi connectivity index (χ1) is 14.3. The summed E-state index contributed by atoms with van der Waals surface area (Å²) >= 11 is 0. The molecule has 0 bridgehead atoms. The topological polar surface area (TPSA) is 107 Å². The third kappa shape index (κ3) is 4.22. The summed E-state index contributed by atoms with van der Waals surface area (Å²) in [6.07, 6.45) is 3.02. The Morgan fingerprint density at radius 1 is 1.27 bits per heavy atom. The fourth-order valence-corrected chi connectivity index (χ4v) is 3.24. The van der Waals surface area contributed by atoms with Crippen LogP contribution in [0.15, 0.2) is 48.5 Å². The number of phenolic OH excluding ortho intramolecular Hbond substituents is 1. The number of aromatic hydroxyl groups is 1. The van der Waals surface area contributed by atoms with Crippen molar-refractivity contribution in [1.29, 1.82) is 0 Å². The Morgan fingerprint density at radius 2 is 2.00 bits per heavy atom. The Kier molecular flexibility index (Phi) is 5.96. The Hall–Kier alpha value is -3.94. The van der Waals surface area contributed by atoms with E-state index in [0.29, 0.717) is 17.1 Å². The smallest absolute Gasteiger partial charge is 0.312 e. The van der Waals surface area contributed by atoms with Crippen LogP contribution >= 0.6 is 0 Å². The van der Waals surface area contributed by atoms with Crippen molar-refractivity contribution in [2.24, 2.45) is 0 Å². The van der Waals surface area contributed by atoms with E-state index in [1.165, 1.54) is 12.1 Å². The summed E-state index contributed by atoms with van der Waals surface area (Å²) < 4.78 is 6.97. The number of hydrogen-bond acceptors (Lipinski definition) is 6. The average Bonchev–Trinajstić information content (AvgIpc) is 2.99. The highest BCUT2D eigenvalue weighted by atomic mass is 16.6. The lowest BCUT2D eigenvalue weighted by molar-refractivity contribution is -0.386. The van der Waals surface area contributed by atoms with E-state index in [9.17, 15) is 20.0 Å². The van der Waals surface area contributed by atoms with E-state index >= 15 is 0 Å². The number of hydrogen-bond donors (Lipinski definition) is 1. The quantitative estimate of drug-likeness (QED) is 0.274. The van der Waals surface area contributed by atoms with Gasteiger partial charge in [-0.25, -0.2) is 0 Å². The Labute approximate surface area is 173 Å². The van der Waals surface area contributed by atoms with Crippen LogP contribution in [0, 0.1) is 24.0 Å². The number of para-hydroxylation sites is 1. The highest BCUT2D eigenvalue weighted by Gasteiger charge is 2.22. The number of aryl methyl sites for hydroxylation is 1. The molecule has 0 aliphatic heterocycles. The van der Waals surface area contributed by atoms with Crippen LogP contribution in [0.25, 0.3) is 6.08 Å². The lowest BCUT2D eigenvalue weighted by Crippen LogP contribution is -2.06. The Balaban J connectivity index is 1.89. The molecule has 1 N–H and O–H groups in total. The summed E-state index contributed by atoms with van der Waals surface area (Å²) in [6, 6.07) is 11.7. The monoisotopic (exact) mass is 407 g/mol. The van der Waals surface area contributed by atoms with E-state index in [4.69, 9.17) is 4.74 Å². The van der Waals surface area contributed by atoms with Crippen molar-refractivity contribution in [2.45, 2.75) is 20.4 Å². The summed E-state index contributed by atoms with van der Waals surface area (Å²) in [5, 5.41) is 25.3. The summed E-state index contributed by atoms with van der Waals surface area (Å²) in [5.41, 5.74) is 2.52. The van der Waals surface area contributed by atoms with Crippen molar-refractivity contribution in [3.63, 3.8) is 0 Å². The molecule has 1 heterocycles. The third-order valence-corrected chi connectivity index (χ3v) is 4.75. The standard InChI is InChI=1S/C22H21N3O5/c1-14-22(25(28)29)15(2)24(23-14)13-17-12-16(9-11-21(17)30-3)8-10-20(27)18-6-4-5-7-19(18)26/h4-12,26H,13H2,1-3H3/b10-8+. The number of phenols is 1. The fraction of sp³-hybridized carbons (Fsp3) is 0.182. The molecule has 0 radical (unpaired) electrons. The molecular weight excluding hydrogens is 386 g/mol. The molecule has 0 fully saturated rings. The van der Waals surface area contributed by atoms with Crippen molar-refractivity contribution in [3.05, 3.63) is 86.7 Å². The normalized spacial score (nSPS) is 11.0. The molecule has 0 spiro atoms. The van der Waals surface area contributed by atoms with Crippen LogP contribution in [0.4, 0.5) is 5.69 Å². The second-order valence-corrected chi connectivity index (χ2v) is 6.72. The second kappa shape index (κ2) is 8.60. The van der Waals surface area contributed by atoms with Crippen molar-refractivity contribution in [2.75, 3.05) is 7.11 Å². The highest BCUT2D eigenvalue weighted by molar-refractivity contribution is 6.08. The highest BCUT2D eigenvalue weighted by Crippen LogP contribution is 2.26. The molecule has 3 aromatic rings. The van der Waals surface area contributed by atoms with Gasteiger partial charge >= 0.3 is 5.69 Å². The number of allylic oxidation sites excluding steroid dienone is 1. The number of ketones is 1. The number of methoxy groups -OCH3 is 1. The van der Waals surface area contributed by atoms with Gasteiger partial charge in [0.15, 0.2) is 5.78 Å². The van der Waals surface area contributed by atoms with Gasteiger partial charge in [-0.1, -0.05) is 24.3 Å². The van der Waals surface area contributed by atoms with Gasteiger partial charge in [-0.3, -0.25) is 19.6 Å². The predicted molar refractivity (Wildman–Crippen MR) is 112 cm³/mol. The van der Waals surface area contributed by atoms with Crippen LogP contribution in [0.1, 0.15) is 32.9 Å². The number of nitro groups is 1. The van der Waals surface area contributed by atoms with Crippen LogP contribution in [0.5, 0.6) is 11.5 Å². The van der Waals surface area contributed by atoms with E-state index in [2.05, 4.69) is 5.10 Å². The molecule has 1 aromatic heterocycles. The van der Waals surface area contributed by atoms with Crippen LogP contribution in [-0.4, -0.2) is 32.7 Å². The fourth-order valence-electron chi connectivity index (χ4n) is 3.24. The van der Waals surface area contributed by atoms with E-state index in [1.807, 2.05) is 6.07 Å². The van der Waals surface area contributed by atoms with Gasteiger partial charge in [0.25, 0.3) is 0 Å². The SMILES string of the molecule is COc1ccc(/C=C/C(=O)c2ccccc2O)cc1Cn1nc(C)c([N+](=O)[O-])c1C. The summed E-state index contributed by atoms with van der Waals surface area (Å²) in [4.78, 5) is 23.1. The molecular formula is C22H21N3O5. The molecule has 154 valence electrons. The number of ether oxygens (including phenoxy) is 1. The van der Waals surface area contributed by atoms with E-state index < -0.39 is 4.92 Å². The van der Waals surface area contributed by atoms with Gasteiger partial charge < -0.3 is 9.84 Å². The molecule has 2 aromatic carbocycles. The average molecular weight is 407 g/mol. The number of carbonyl (C=O) groups excluding carboxylic acids is 1. The Bertz CT molecular complexity index is 1150. The minimum Gasteiger partial charge on any atom is -0.507 e. The number of carbonyl (C=O) groups is 1. The minimum atomic E-state index is -0.435. The van der Waals surface area contributed by atoms with E-state index in [0.717, 1.165) is 11.1 Å². The number of benzene rings is 2. The largest absolute Gasteiger partial charge is 0.507 e. The third-order valence-electron chi connectivity index (χ3n) is 4.75. The van der Waals surface area contributed by atoms with Gasteiger partial charge in [-0.15, -0.1) is 0 Å². The first kappa shape index (κ1) is 20.8. The van der Waals surface area contributed by atoms with E-state index in [-0.39, 0.29) is 29.3 Å². The number of nitrogens with zero attached hydrogens (tertiary/aromatic N) is 3. The lowest BCUT2D eigenvalue weighted by Gasteiger charge is -2.11. The molecule has 0 amide bonds. The predicted octanol–water partition coefficient (Wildman–Crippen LogP) is 4.07. The first-order valence-electron chi connectivity index (χ1n) is 9.17. The molecule has 8 nitrogen and oxygen atoms in total. The molecule has 0 aliphatic carbocycles. The molecule has 30 heavy (non-hydrogen) atoms. The van der Waals surface area contributed by atoms with Crippen molar-refractivity contribution >= 4 is 17.5 Å². The summed E-state index contributed by atoms with van der Waals surface area (Å²) in [6.45, 7) is 3.53. The van der Waals surface area contributed by atoms with Crippen molar-refractivity contribution < 1.29 is 19.6 Å². The van der Waals surface area contributed by atoms with Crippen LogP contribution < -0.4 is 4.74 Å². The lowest BCUT2D eigenvalue weighted by atomic mass is 10.1. The van der Waals surface area contributed by atoms with Gasteiger partial charge in [0, 0.05) is 5.56 Å². The molecule has 8 heteroatoms. The summed E-state index contributed by atoms with van der Waals surface area (Å²) in [7, 11) is 1.54. The molecule has 3 rings (SSSR count). The molecule has 0 atom stereocenters. The number of aromatic nitrogens is 2. The van der Waals surface area contributed by atoms with Gasteiger partial charge in [0.1, 0.15) is 22.9 Å². The maximum atomic E-state index is 12.3. The maximum absolute atomic E-state index is 12.3. The maximum Gasteiger partial charge on any atom is 0.312 e. The summed E-state index contributed by atoms with van der Waals surface area (Å²) in [5.74, 6) is 0.211. The van der Waals surface area contributed by atoms with Crippen molar-refractivity contribution in [3.8, 4) is 11.5 Å². The first-order valence-corrected chi connectivity index (χ1v) is 9.17. The van der Waals surface area contributed by atoms with Gasteiger partial charge in [-0.2, -0.15) is 5.10 Å². The zero-order chi connectivity index (χ0) is 21.8. The molecule has 0 saturated heterocycles. The van der Waals surface area contributed by atoms with Gasteiger partial charge in [0.2, 0.25) is 0 Å². The molecule has 0 unspecified atom stereocenters. The zero-order valence-electron chi connectivity index (χ0n) is 16.8. The minimum absolute atomic E-state index is 0.00159. The van der Waals surface area contributed by atoms with Gasteiger partial charge in [-0.05, 0) is 49.8 Å². The van der Waals surface area contributed by atoms with E-state index in [1.54, 1.807) is 62.0 Å². The van der Waals surface area contributed by atoms with Crippen LogP contribution in [0.2, 0.25) is 0 Å². The Morgan fingerprint density at radius 3 is 2.63 bits per heavy atom.